The van der Waals surface area contributed by atoms with Crippen molar-refractivity contribution >= 4 is 11.8 Å². The number of nitrogens with two attached hydrogens (primary N) is 1. The Bertz CT molecular complexity index is 451. The molecule has 0 aliphatic carbocycles. The Kier molecular flexibility index (Phi) is 5.39. The van der Waals surface area contributed by atoms with Gasteiger partial charge in [0.1, 0.15) is 5.92 Å². The van der Waals surface area contributed by atoms with Crippen LogP contribution in [0.15, 0.2) is 30.3 Å². The molecule has 0 fully saturated rings. The van der Waals surface area contributed by atoms with Gasteiger partial charge in [-0.25, -0.2) is 0 Å². The minimum Gasteiger partial charge on any atom is -0.370 e. The van der Waals surface area contributed by atoms with E-state index in [-0.39, 0.29) is 18.9 Å². The van der Waals surface area contributed by atoms with Crippen molar-refractivity contribution in [1.82, 2.24) is 5.32 Å². The van der Waals surface area contributed by atoms with Crippen LogP contribution in [0.1, 0.15) is 12.0 Å². The molecule has 0 bridgehead atoms. The first-order valence-corrected chi connectivity index (χ1v) is 5.63. The van der Waals surface area contributed by atoms with E-state index in [0.717, 1.165) is 5.56 Å². The maximum atomic E-state index is 11.7. The van der Waals surface area contributed by atoms with E-state index in [1.54, 1.807) is 0 Å². The third-order valence-electron chi connectivity index (χ3n) is 2.43. The van der Waals surface area contributed by atoms with E-state index in [2.05, 4.69) is 5.32 Å². The van der Waals surface area contributed by atoms with E-state index in [1.807, 2.05) is 36.4 Å². The number of rotatable bonds is 6. The van der Waals surface area contributed by atoms with E-state index in [9.17, 15) is 9.59 Å². The predicted molar refractivity (Wildman–Crippen MR) is 66.1 cm³/mol. The Morgan fingerprint density at radius 1 is 1.33 bits per heavy atom. The third-order valence-corrected chi connectivity index (χ3v) is 2.43. The van der Waals surface area contributed by atoms with Crippen molar-refractivity contribution in [2.75, 3.05) is 6.54 Å². The number of hydrogen-bond acceptors (Lipinski definition) is 3. The highest BCUT2D eigenvalue weighted by molar-refractivity contribution is 5.82. The second-order valence-electron chi connectivity index (χ2n) is 3.88. The molecule has 1 atom stereocenters. The minimum absolute atomic E-state index is 0.0786. The highest BCUT2D eigenvalue weighted by atomic mass is 16.2. The van der Waals surface area contributed by atoms with Gasteiger partial charge >= 0.3 is 0 Å². The molecule has 1 aromatic carbocycles. The first kappa shape index (κ1) is 13.7. The number of amides is 2. The molecule has 0 saturated heterocycles. The van der Waals surface area contributed by atoms with Crippen molar-refractivity contribution in [2.45, 2.75) is 12.8 Å². The molecule has 0 aliphatic heterocycles. The normalized spacial score (nSPS) is 11.3. The Labute approximate surface area is 106 Å². The van der Waals surface area contributed by atoms with Crippen LogP contribution in [0.4, 0.5) is 0 Å². The lowest BCUT2D eigenvalue weighted by molar-refractivity contribution is -0.123. The molecule has 0 heterocycles. The lowest BCUT2D eigenvalue weighted by atomic mass is 10.00. The molecule has 94 valence electrons. The molecular weight excluding hydrogens is 230 g/mol. The zero-order chi connectivity index (χ0) is 13.4. The average molecular weight is 245 g/mol. The number of carbonyl (C=O) groups excluding carboxylic acids is 2. The molecule has 0 spiro atoms. The van der Waals surface area contributed by atoms with E-state index in [0.29, 0.717) is 6.42 Å². The van der Waals surface area contributed by atoms with Gasteiger partial charge in [0.2, 0.25) is 11.8 Å². The van der Waals surface area contributed by atoms with Crippen LogP contribution in [-0.2, 0) is 16.0 Å². The number of nitriles is 1. The lowest BCUT2D eigenvalue weighted by Gasteiger charge is -2.09. The summed E-state index contributed by atoms with van der Waals surface area (Å²) in [6.07, 6.45) is 0.439. The van der Waals surface area contributed by atoms with Gasteiger partial charge in [0.15, 0.2) is 0 Å². The van der Waals surface area contributed by atoms with Crippen LogP contribution in [0.3, 0.4) is 0 Å². The van der Waals surface area contributed by atoms with Crippen LogP contribution in [0.5, 0.6) is 0 Å². The van der Waals surface area contributed by atoms with Crippen molar-refractivity contribution in [3.63, 3.8) is 0 Å². The molecule has 3 N–H and O–H groups in total. The number of hydrogen-bond donors (Lipinski definition) is 2. The summed E-state index contributed by atoms with van der Waals surface area (Å²) in [6.45, 7) is 0.168. The monoisotopic (exact) mass is 245 g/mol. The minimum atomic E-state index is -0.750. The fourth-order valence-electron chi connectivity index (χ4n) is 1.48. The van der Waals surface area contributed by atoms with Crippen molar-refractivity contribution < 1.29 is 9.59 Å². The molecule has 1 rings (SSSR count). The number of nitrogens with zero attached hydrogens (tertiary/aromatic N) is 1. The lowest BCUT2D eigenvalue weighted by Crippen LogP contribution is -2.33. The Balaban J connectivity index is 2.49. The van der Waals surface area contributed by atoms with Gasteiger partial charge < -0.3 is 11.1 Å². The molecule has 0 aromatic heterocycles. The third kappa shape index (κ3) is 4.66. The summed E-state index contributed by atoms with van der Waals surface area (Å²) in [5.74, 6) is -1.60. The van der Waals surface area contributed by atoms with Gasteiger partial charge in [-0.1, -0.05) is 30.3 Å². The molecule has 0 radical (unpaired) electrons. The summed E-state index contributed by atoms with van der Waals surface area (Å²) in [5, 5.41) is 11.5. The summed E-state index contributed by atoms with van der Waals surface area (Å²) in [7, 11) is 0. The fraction of sp³-hybridized carbons (Fsp3) is 0.308. The molecular formula is C13H15N3O2. The van der Waals surface area contributed by atoms with Crippen LogP contribution in [0.2, 0.25) is 0 Å². The molecule has 5 heteroatoms. The molecule has 2 amide bonds. The highest BCUT2D eigenvalue weighted by Gasteiger charge is 2.17. The zero-order valence-electron chi connectivity index (χ0n) is 9.93. The first-order chi connectivity index (χ1) is 8.63. The molecule has 1 aromatic rings. The second-order valence-corrected chi connectivity index (χ2v) is 3.88. The van der Waals surface area contributed by atoms with Crippen molar-refractivity contribution in [3.8, 4) is 6.07 Å². The highest BCUT2D eigenvalue weighted by Crippen LogP contribution is 2.08. The van der Waals surface area contributed by atoms with Gasteiger partial charge in [-0.3, -0.25) is 9.59 Å². The maximum Gasteiger partial charge on any atom is 0.237 e. The SMILES string of the molecule is N#CC(Cc1ccccc1)C(=O)NCCC(N)=O. The van der Waals surface area contributed by atoms with Gasteiger partial charge in [-0.15, -0.1) is 0 Å². The average Bonchev–Trinajstić information content (AvgIpc) is 2.36. The summed E-state index contributed by atoms with van der Waals surface area (Å²) >= 11 is 0. The number of nitrogens with one attached hydrogen (secondary N) is 1. The van der Waals surface area contributed by atoms with Gasteiger partial charge in [-0.2, -0.15) is 5.26 Å². The summed E-state index contributed by atoms with van der Waals surface area (Å²) in [6, 6.07) is 11.3. The molecule has 0 saturated carbocycles. The Morgan fingerprint density at radius 3 is 2.56 bits per heavy atom. The van der Waals surface area contributed by atoms with Crippen LogP contribution in [-0.4, -0.2) is 18.4 Å². The van der Waals surface area contributed by atoms with E-state index in [1.165, 1.54) is 0 Å². The molecule has 18 heavy (non-hydrogen) atoms. The van der Waals surface area contributed by atoms with Gasteiger partial charge in [0.25, 0.3) is 0 Å². The van der Waals surface area contributed by atoms with Crippen molar-refractivity contribution in [1.29, 1.82) is 5.26 Å². The van der Waals surface area contributed by atoms with Crippen LogP contribution < -0.4 is 11.1 Å². The number of benzene rings is 1. The fourth-order valence-corrected chi connectivity index (χ4v) is 1.48. The van der Waals surface area contributed by atoms with Crippen LogP contribution >= 0.6 is 0 Å². The standard InChI is InChI=1S/C13H15N3O2/c14-9-11(8-10-4-2-1-3-5-10)13(18)16-7-6-12(15)17/h1-5,11H,6-8H2,(H2,15,17)(H,16,18). The zero-order valence-corrected chi connectivity index (χ0v) is 9.93. The molecule has 5 nitrogen and oxygen atoms in total. The van der Waals surface area contributed by atoms with Crippen molar-refractivity contribution in [2.24, 2.45) is 11.7 Å². The Morgan fingerprint density at radius 2 is 2.00 bits per heavy atom. The molecule has 1 unspecified atom stereocenters. The predicted octanol–water partition coefficient (Wildman–Crippen LogP) is 0.360. The van der Waals surface area contributed by atoms with Crippen LogP contribution in [0.25, 0.3) is 0 Å². The number of primary amides is 1. The quantitative estimate of drug-likeness (QED) is 0.757. The summed E-state index contributed by atoms with van der Waals surface area (Å²) < 4.78 is 0. The van der Waals surface area contributed by atoms with E-state index < -0.39 is 11.8 Å². The summed E-state index contributed by atoms with van der Waals surface area (Å²) in [4.78, 5) is 22.2. The second kappa shape index (κ2) is 7.07. The smallest absolute Gasteiger partial charge is 0.237 e. The number of carbonyl (C=O) groups is 2. The van der Waals surface area contributed by atoms with Crippen molar-refractivity contribution in [3.05, 3.63) is 35.9 Å². The van der Waals surface area contributed by atoms with Gasteiger partial charge in [-0.05, 0) is 12.0 Å². The molecule has 0 aliphatic rings. The summed E-state index contributed by atoms with van der Waals surface area (Å²) in [5.41, 5.74) is 5.88. The largest absolute Gasteiger partial charge is 0.370 e. The van der Waals surface area contributed by atoms with E-state index in [4.69, 9.17) is 11.0 Å². The van der Waals surface area contributed by atoms with E-state index >= 15 is 0 Å². The van der Waals surface area contributed by atoms with Crippen LogP contribution in [0, 0.1) is 17.2 Å². The Hall–Kier alpha value is -2.35. The topological polar surface area (TPSA) is 96.0 Å². The first-order valence-electron chi connectivity index (χ1n) is 5.63. The van der Waals surface area contributed by atoms with Gasteiger partial charge in [0, 0.05) is 13.0 Å². The maximum absolute atomic E-state index is 11.7. The van der Waals surface area contributed by atoms with Gasteiger partial charge in [0.05, 0.1) is 6.07 Å².